The van der Waals surface area contributed by atoms with E-state index in [2.05, 4.69) is 10.8 Å². The van der Waals surface area contributed by atoms with E-state index in [-0.39, 0.29) is 5.91 Å². The first kappa shape index (κ1) is 15.0. The zero-order valence-electron chi connectivity index (χ0n) is 11.1. The Labute approximate surface area is 112 Å². The molecule has 0 aliphatic rings. The maximum atomic E-state index is 11.7. The topological polar surface area (TPSA) is 93.4 Å². The van der Waals surface area contributed by atoms with Crippen LogP contribution in [-0.4, -0.2) is 18.5 Å². The van der Waals surface area contributed by atoms with Gasteiger partial charge in [-0.25, -0.2) is 10.3 Å². The van der Waals surface area contributed by atoms with E-state index >= 15 is 0 Å². The van der Waals surface area contributed by atoms with Crippen molar-refractivity contribution in [1.82, 2.24) is 10.8 Å². The summed E-state index contributed by atoms with van der Waals surface area (Å²) in [6.45, 7) is 4.78. The van der Waals surface area contributed by atoms with Gasteiger partial charge in [0.05, 0.1) is 6.61 Å². The highest BCUT2D eigenvalue weighted by atomic mass is 16.6. The van der Waals surface area contributed by atoms with Crippen molar-refractivity contribution < 1.29 is 14.4 Å². The molecule has 0 bridgehead atoms. The lowest BCUT2D eigenvalue weighted by Gasteiger charge is -2.08. The summed E-state index contributed by atoms with van der Waals surface area (Å²) in [5.41, 5.74) is 8.69. The Hall–Kier alpha value is -2.08. The van der Waals surface area contributed by atoms with Crippen LogP contribution in [0.3, 0.4) is 0 Å². The summed E-state index contributed by atoms with van der Waals surface area (Å²) in [6, 6.07) is 6.22. The van der Waals surface area contributed by atoms with Gasteiger partial charge in [0.1, 0.15) is 0 Å². The highest BCUT2D eigenvalue weighted by Crippen LogP contribution is 2.04. The molecule has 0 atom stereocenters. The van der Waals surface area contributed by atoms with E-state index in [9.17, 15) is 9.59 Å². The first-order valence-electron chi connectivity index (χ1n) is 6.03. The van der Waals surface area contributed by atoms with Crippen molar-refractivity contribution in [1.29, 1.82) is 0 Å². The van der Waals surface area contributed by atoms with Gasteiger partial charge in [-0.3, -0.25) is 9.63 Å². The third kappa shape index (κ3) is 5.87. The standard InChI is InChI=1S/C13H19N3O3/c1-9(2)8-19-16-12(17)11-5-3-10(4-6-11)7-15-13(14)18/h3-6,9H,7-8H2,1-2H3,(H,16,17)(H3,14,15,18). The highest BCUT2D eigenvalue weighted by Gasteiger charge is 2.06. The van der Waals surface area contributed by atoms with E-state index in [1.165, 1.54) is 0 Å². The summed E-state index contributed by atoms with van der Waals surface area (Å²) in [7, 11) is 0. The van der Waals surface area contributed by atoms with E-state index in [1.54, 1.807) is 24.3 Å². The summed E-state index contributed by atoms with van der Waals surface area (Å²) >= 11 is 0. The summed E-state index contributed by atoms with van der Waals surface area (Å²) in [4.78, 5) is 27.3. The molecule has 6 nitrogen and oxygen atoms in total. The van der Waals surface area contributed by atoms with Crippen LogP contribution < -0.4 is 16.5 Å². The molecule has 0 saturated carbocycles. The molecule has 1 aromatic carbocycles. The van der Waals surface area contributed by atoms with Crippen LogP contribution in [0.15, 0.2) is 24.3 Å². The molecule has 0 aliphatic heterocycles. The predicted octanol–water partition coefficient (Wildman–Crippen LogP) is 1.17. The van der Waals surface area contributed by atoms with Gasteiger partial charge in [0.25, 0.3) is 5.91 Å². The number of urea groups is 1. The van der Waals surface area contributed by atoms with Crippen molar-refractivity contribution in [3.63, 3.8) is 0 Å². The summed E-state index contributed by atoms with van der Waals surface area (Å²) < 4.78 is 0. The van der Waals surface area contributed by atoms with Gasteiger partial charge in [-0.2, -0.15) is 0 Å². The van der Waals surface area contributed by atoms with Crippen molar-refractivity contribution in [2.45, 2.75) is 20.4 Å². The molecule has 4 N–H and O–H groups in total. The number of benzene rings is 1. The Morgan fingerprint density at radius 2 is 1.89 bits per heavy atom. The lowest BCUT2D eigenvalue weighted by Crippen LogP contribution is -2.28. The van der Waals surface area contributed by atoms with Crippen LogP contribution in [0.25, 0.3) is 0 Å². The first-order valence-corrected chi connectivity index (χ1v) is 6.03. The largest absolute Gasteiger partial charge is 0.352 e. The SMILES string of the molecule is CC(C)CONC(=O)c1ccc(CNC(N)=O)cc1. The fourth-order valence-corrected chi connectivity index (χ4v) is 1.30. The van der Waals surface area contributed by atoms with E-state index < -0.39 is 6.03 Å². The van der Waals surface area contributed by atoms with E-state index in [0.29, 0.717) is 24.6 Å². The first-order chi connectivity index (χ1) is 8.99. The lowest BCUT2D eigenvalue weighted by molar-refractivity contribution is 0.0208. The third-order valence-electron chi connectivity index (χ3n) is 2.26. The second-order valence-corrected chi connectivity index (χ2v) is 4.55. The summed E-state index contributed by atoms with van der Waals surface area (Å²) in [6.07, 6.45) is 0. The van der Waals surface area contributed by atoms with Crippen molar-refractivity contribution in [3.05, 3.63) is 35.4 Å². The molecule has 0 unspecified atom stereocenters. The zero-order valence-corrected chi connectivity index (χ0v) is 11.1. The van der Waals surface area contributed by atoms with Crippen LogP contribution in [0, 0.1) is 5.92 Å². The molecule has 3 amide bonds. The quantitative estimate of drug-likeness (QED) is 0.674. The fourth-order valence-electron chi connectivity index (χ4n) is 1.30. The Balaban J connectivity index is 2.46. The van der Waals surface area contributed by atoms with E-state index in [4.69, 9.17) is 10.6 Å². The second kappa shape index (κ2) is 7.38. The average Bonchev–Trinajstić information content (AvgIpc) is 2.36. The smallest absolute Gasteiger partial charge is 0.312 e. The molecular formula is C13H19N3O3. The van der Waals surface area contributed by atoms with Crippen LogP contribution in [0.5, 0.6) is 0 Å². The normalized spacial score (nSPS) is 10.3. The van der Waals surface area contributed by atoms with Gasteiger partial charge in [0.2, 0.25) is 0 Å². The number of hydrogen-bond acceptors (Lipinski definition) is 3. The van der Waals surface area contributed by atoms with Gasteiger partial charge in [-0.05, 0) is 23.6 Å². The molecule has 0 aromatic heterocycles. The molecule has 19 heavy (non-hydrogen) atoms. The number of carbonyl (C=O) groups is 2. The van der Waals surface area contributed by atoms with Crippen LogP contribution >= 0.6 is 0 Å². The molecule has 1 rings (SSSR count). The van der Waals surface area contributed by atoms with Crippen molar-refractivity contribution in [2.75, 3.05) is 6.61 Å². The number of nitrogens with two attached hydrogens (primary N) is 1. The maximum Gasteiger partial charge on any atom is 0.312 e. The Kier molecular flexibility index (Phi) is 5.81. The van der Waals surface area contributed by atoms with Crippen LogP contribution in [0.1, 0.15) is 29.8 Å². The molecule has 0 aliphatic carbocycles. The molecule has 0 fully saturated rings. The molecular weight excluding hydrogens is 246 g/mol. The molecule has 0 heterocycles. The average molecular weight is 265 g/mol. The van der Waals surface area contributed by atoms with Gasteiger partial charge in [0, 0.05) is 12.1 Å². The molecule has 104 valence electrons. The maximum absolute atomic E-state index is 11.7. The minimum absolute atomic E-state index is 0.296. The monoisotopic (exact) mass is 265 g/mol. The number of primary amides is 1. The van der Waals surface area contributed by atoms with Crippen molar-refractivity contribution >= 4 is 11.9 Å². The number of nitrogens with one attached hydrogen (secondary N) is 2. The van der Waals surface area contributed by atoms with Crippen molar-refractivity contribution in [2.24, 2.45) is 11.7 Å². The predicted molar refractivity (Wildman–Crippen MR) is 71.1 cm³/mol. The zero-order chi connectivity index (χ0) is 14.3. The molecule has 0 radical (unpaired) electrons. The number of carbonyl (C=O) groups excluding carboxylic acids is 2. The van der Waals surface area contributed by atoms with Gasteiger partial charge in [-0.15, -0.1) is 0 Å². The number of hydrogen-bond donors (Lipinski definition) is 3. The summed E-state index contributed by atoms with van der Waals surface area (Å²) in [5.74, 6) is 0.0533. The van der Waals surface area contributed by atoms with Gasteiger partial charge in [-0.1, -0.05) is 26.0 Å². The number of rotatable bonds is 6. The molecule has 6 heteroatoms. The molecule has 0 saturated heterocycles. The van der Waals surface area contributed by atoms with Gasteiger partial charge < -0.3 is 11.1 Å². The van der Waals surface area contributed by atoms with Gasteiger partial charge >= 0.3 is 6.03 Å². The Bertz CT molecular complexity index is 429. The lowest BCUT2D eigenvalue weighted by atomic mass is 10.1. The van der Waals surface area contributed by atoms with Gasteiger partial charge in [0.15, 0.2) is 0 Å². The van der Waals surface area contributed by atoms with E-state index in [0.717, 1.165) is 5.56 Å². The van der Waals surface area contributed by atoms with E-state index in [1.807, 2.05) is 13.8 Å². The third-order valence-corrected chi connectivity index (χ3v) is 2.26. The van der Waals surface area contributed by atoms with Crippen LogP contribution in [0.4, 0.5) is 4.79 Å². The molecule has 0 spiro atoms. The molecule has 1 aromatic rings. The minimum Gasteiger partial charge on any atom is -0.352 e. The Morgan fingerprint density at radius 3 is 2.42 bits per heavy atom. The number of amides is 3. The minimum atomic E-state index is -0.580. The highest BCUT2D eigenvalue weighted by molar-refractivity contribution is 5.93. The number of hydroxylamine groups is 1. The summed E-state index contributed by atoms with van der Waals surface area (Å²) in [5, 5.41) is 2.47. The fraction of sp³-hybridized carbons (Fsp3) is 0.385. The Morgan fingerprint density at radius 1 is 1.26 bits per heavy atom. The second-order valence-electron chi connectivity index (χ2n) is 4.55. The van der Waals surface area contributed by atoms with Crippen LogP contribution in [-0.2, 0) is 11.4 Å². The van der Waals surface area contributed by atoms with Crippen molar-refractivity contribution in [3.8, 4) is 0 Å². The van der Waals surface area contributed by atoms with Crippen LogP contribution in [0.2, 0.25) is 0 Å².